The molecule has 56 heavy (non-hydrogen) atoms. The first-order valence-corrected chi connectivity index (χ1v) is 25.8. The van der Waals surface area contributed by atoms with Crippen LogP contribution in [0, 0.1) is 11.8 Å². The molecule has 1 aliphatic rings. The summed E-state index contributed by atoms with van der Waals surface area (Å²) in [4.78, 5) is 40.0. The third-order valence-electron chi connectivity index (χ3n) is 12.4. The van der Waals surface area contributed by atoms with Gasteiger partial charge in [0.25, 0.3) is 0 Å². The van der Waals surface area contributed by atoms with Crippen LogP contribution in [-0.2, 0) is 23.9 Å². The molecule has 0 aliphatic heterocycles. The molecular formula is C50H94O5S. The second-order valence-electron chi connectivity index (χ2n) is 17.8. The van der Waals surface area contributed by atoms with Crippen molar-refractivity contribution in [2.75, 3.05) is 0 Å². The Labute approximate surface area is 352 Å². The van der Waals surface area contributed by atoms with Crippen molar-refractivity contribution in [2.24, 2.45) is 11.8 Å². The highest BCUT2D eigenvalue weighted by Gasteiger charge is 2.26. The third-order valence-corrected chi connectivity index (χ3v) is 13.6. The van der Waals surface area contributed by atoms with Gasteiger partial charge in [-0.05, 0) is 108 Å². The van der Waals surface area contributed by atoms with Crippen molar-refractivity contribution >= 4 is 28.8 Å². The Morgan fingerprint density at radius 2 is 0.875 bits per heavy atom. The first-order chi connectivity index (χ1) is 27.3. The fourth-order valence-electron chi connectivity index (χ4n) is 8.62. The second-order valence-corrected chi connectivity index (χ2v) is 19.2. The molecule has 1 unspecified atom stereocenters. The fraction of sp³-hybridized carbons (Fsp3) is 0.940. The van der Waals surface area contributed by atoms with E-state index in [1.165, 1.54) is 135 Å². The van der Waals surface area contributed by atoms with Gasteiger partial charge in [-0.1, -0.05) is 168 Å². The van der Waals surface area contributed by atoms with Crippen LogP contribution in [0.3, 0.4) is 0 Å². The maximum Gasteiger partial charge on any atom is 0.306 e. The van der Waals surface area contributed by atoms with Gasteiger partial charge >= 0.3 is 11.9 Å². The summed E-state index contributed by atoms with van der Waals surface area (Å²) in [6, 6.07) is 0. The number of ether oxygens (including phenoxy) is 2. The van der Waals surface area contributed by atoms with Gasteiger partial charge in [0.1, 0.15) is 12.2 Å². The molecule has 0 aromatic carbocycles. The molecule has 1 atom stereocenters. The predicted molar refractivity (Wildman–Crippen MR) is 242 cm³/mol. The molecule has 0 N–H and O–H groups in total. The fourth-order valence-corrected chi connectivity index (χ4v) is 9.83. The lowest BCUT2D eigenvalue weighted by Crippen LogP contribution is -2.21. The van der Waals surface area contributed by atoms with Crippen LogP contribution in [-0.4, -0.2) is 34.5 Å². The predicted octanol–water partition coefficient (Wildman–Crippen LogP) is 16.2. The minimum absolute atomic E-state index is 0.00912. The number of carbonyl (C=O) groups excluding carboxylic acids is 3. The molecule has 5 nitrogen and oxygen atoms in total. The van der Waals surface area contributed by atoms with Crippen LogP contribution in [0.5, 0.6) is 0 Å². The molecule has 0 bridgehead atoms. The lowest BCUT2D eigenvalue weighted by molar-refractivity contribution is -0.151. The average Bonchev–Trinajstić information content (AvgIpc) is 3.19. The Hall–Kier alpha value is -1.04. The summed E-state index contributed by atoms with van der Waals surface area (Å²) in [5.74, 6) is 0.730. The lowest BCUT2D eigenvalue weighted by atomic mass is 9.85. The minimum atomic E-state index is -0.104. The molecule has 0 saturated heterocycles. The highest BCUT2D eigenvalue weighted by Crippen LogP contribution is 2.36. The largest absolute Gasteiger partial charge is 0.462 e. The number of carbonyl (C=O) groups is 3. The first-order valence-electron chi connectivity index (χ1n) is 24.9. The van der Waals surface area contributed by atoms with E-state index in [1.807, 2.05) is 0 Å². The van der Waals surface area contributed by atoms with Crippen LogP contribution in [0.25, 0.3) is 0 Å². The molecule has 0 aromatic heterocycles. The van der Waals surface area contributed by atoms with Crippen LogP contribution in [0.2, 0.25) is 0 Å². The van der Waals surface area contributed by atoms with Gasteiger partial charge in [-0.3, -0.25) is 14.4 Å². The molecule has 0 radical (unpaired) electrons. The van der Waals surface area contributed by atoms with E-state index >= 15 is 0 Å². The van der Waals surface area contributed by atoms with Crippen LogP contribution >= 0.6 is 11.8 Å². The molecule has 1 rings (SSSR count). The van der Waals surface area contributed by atoms with Crippen molar-refractivity contribution in [3.8, 4) is 0 Å². The van der Waals surface area contributed by atoms with Gasteiger partial charge in [-0.25, -0.2) is 0 Å². The smallest absolute Gasteiger partial charge is 0.306 e. The Morgan fingerprint density at radius 3 is 1.30 bits per heavy atom. The van der Waals surface area contributed by atoms with Gasteiger partial charge < -0.3 is 9.47 Å². The lowest BCUT2D eigenvalue weighted by Gasteiger charge is -2.28. The van der Waals surface area contributed by atoms with Gasteiger partial charge in [-0.15, -0.1) is 0 Å². The van der Waals surface area contributed by atoms with Crippen LogP contribution in [0.1, 0.15) is 272 Å². The van der Waals surface area contributed by atoms with Crippen molar-refractivity contribution in [2.45, 2.75) is 290 Å². The van der Waals surface area contributed by atoms with Crippen molar-refractivity contribution < 1.29 is 23.9 Å². The van der Waals surface area contributed by atoms with E-state index < -0.39 is 0 Å². The monoisotopic (exact) mass is 807 g/mol. The standard InChI is InChI=1S/C50H94O5S/c1-6-11-16-20-24-31-45(32-25-21-17-12-7-2)54-48(51)35-28-30-44(42-50(53)56-47-39-36-43(37-40-47)29-15-10-5)38-41-49(52)55-46(33-26-22-18-13-8-3)34-27-23-19-14-9-4/h43-47H,6-42H2,1-5H3. The van der Waals surface area contributed by atoms with Gasteiger partial charge in [0, 0.05) is 24.5 Å². The first kappa shape index (κ1) is 53.0. The molecule has 6 heteroatoms. The Kier molecular flexibility index (Phi) is 36.1. The number of esters is 2. The summed E-state index contributed by atoms with van der Waals surface area (Å²) < 4.78 is 12.3. The van der Waals surface area contributed by atoms with Crippen LogP contribution in [0.15, 0.2) is 0 Å². The molecule has 330 valence electrons. The van der Waals surface area contributed by atoms with Gasteiger partial charge in [0.05, 0.1) is 0 Å². The highest BCUT2D eigenvalue weighted by molar-refractivity contribution is 8.14. The van der Waals surface area contributed by atoms with E-state index in [1.54, 1.807) is 11.8 Å². The van der Waals surface area contributed by atoms with E-state index in [0.29, 0.717) is 37.4 Å². The number of thioether (sulfide) groups is 1. The maximum atomic E-state index is 13.5. The van der Waals surface area contributed by atoms with Gasteiger partial charge in [0.15, 0.2) is 5.12 Å². The Balaban J connectivity index is 2.79. The summed E-state index contributed by atoms with van der Waals surface area (Å²) in [5, 5.41) is 0.698. The minimum Gasteiger partial charge on any atom is -0.462 e. The normalized spacial score (nSPS) is 16.4. The zero-order valence-electron chi connectivity index (χ0n) is 38.0. The van der Waals surface area contributed by atoms with Crippen molar-refractivity contribution in [1.29, 1.82) is 0 Å². The average molecular weight is 807 g/mol. The van der Waals surface area contributed by atoms with E-state index in [-0.39, 0.29) is 35.2 Å². The summed E-state index contributed by atoms with van der Waals surface area (Å²) >= 11 is 1.57. The summed E-state index contributed by atoms with van der Waals surface area (Å²) in [5.41, 5.74) is 0. The van der Waals surface area contributed by atoms with E-state index in [2.05, 4.69) is 34.6 Å². The summed E-state index contributed by atoms with van der Waals surface area (Å²) in [6.07, 6.45) is 40.4. The van der Waals surface area contributed by atoms with E-state index in [4.69, 9.17) is 9.47 Å². The van der Waals surface area contributed by atoms with Crippen molar-refractivity contribution in [3.63, 3.8) is 0 Å². The third kappa shape index (κ3) is 31.0. The Morgan fingerprint density at radius 1 is 0.464 bits per heavy atom. The zero-order valence-corrected chi connectivity index (χ0v) is 38.8. The number of hydrogen-bond acceptors (Lipinski definition) is 6. The number of unbranched alkanes of at least 4 members (excludes halogenated alkanes) is 17. The highest BCUT2D eigenvalue weighted by atomic mass is 32.2. The summed E-state index contributed by atoms with van der Waals surface area (Å²) in [6.45, 7) is 11.3. The molecule has 1 fully saturated rings. The second kappa shape index (κ2) is 38.2. The number of hydrogen-bond donors (Lipinski definition) is 0. The molecule has 0 spiro atoms. The van der Waals surface area contributed by atoms with E-state index in [0.717, 1.165) is 76.5 Å². The molecule has 1 saturated carbocycles. The molecule has 1 aliphatic carbocycles. The quantitative estimate of drug-likeness (QED) is 0.0455. The van der Waals surface area contributed by atoms with E-state index in [9.17, 15) is 14.4 Å². The van der Waals surface area contributed by atoms with Gasteiger partial charge in [0.2, 0.25) is 0 Å². The van der Waals surface area contributed by atoms with Crippen LogP contribution < -0.4 is 0 Å². The van der Waals surface area contributed by atoms with Gasteiger partial charge in [-0.2, -0.15) is 0 Å². The molecule has 0 heterocycles. The SMILES string of the molecule is CCCCCCCC(CCCCCCC)OC(=O)CCCC(CCC(=O)OC(CCCCCCC)CCCCCCC)CC(=O)SC1CCC(CCCC)CC1. The van der Waals surface area contributed by atoms with Crippen molar-refractivity contribution in [3.05, 3.63) is 0 Å². The Bertz CT molecular complexity index is 887. The molecular weight excluding hydrogens is 713 g/mol. The summed E-state index contributed by atoms with van der Waals surface area (Å²) in [7, 11) is 0. The van der Waals surface area contributed by atoms with Crippen LogP contribution in [0.4, 0.5) is 0 Å². The molecule has 0 aromatic rings. The topological polar surface area (TPSA) is 69.7 Å². The zero-order chi connectivity index (χ0) is 40.9. The molecule has 0 amide bonds. The van der Waals surface area contributed by atoms with Crippen molar-refractivity contribution in [1.82, 2.24) is 0 Å². The number of rotatable bonds is 39. The maximum absolute atomic E-state index is 13.5.